The summed E-state index contributed by atoms with van der Waals surface area (Å²) in [5.41, 5.74) is 13.2. The van der Waals surface area contributed by atoms with Crippen molar-refractivity contribution in [3.8, 4) is 11.1 Å². The molecule has 2 saturated heterocycles. The first-order chi connectivity index (χ1) is 28.4. The second-order valence-electron chi connectivity index (χ2n) is 16.5. The second-order valence-corrected chi connectivity index (χ2v) is 17.3. The maximum Gasteiger partial charge on any atom is 0.245 e. The first-order valence-electron chi connectivity index (χ1n) is 21.2. The molecule has 2 heterocycles. The first kappa shape index (κ1) is 44.2. The number of guanidine groups is 1. The van der Waals surface area contributed by atoms with Gasteiger partial charge in [-0.05, 0) is 105 Å². The molecule has 0 bridgehead atoms. The van der Waals surface area contributed by atoms with E-state index in [1.54, 1.807) is 28.0 Å². The van der Waals surface area contributed by atoms with Gasteiger partial charge < -0.3 is 42.3 Å². The van der Waals surface area contributed by atoms with Crippen LogP contribution in [-0.2, 0) is 24.0 Å². The summed E-state index contributed by atoms with van der Waals surface area (Å²) in [6, 6.07) is 10.7. The van der Waals surface area contributed by atoms with Gasteiger partial charge in [-0.15, -0.1) is 0 Å². The van der Waals surface area contributed by atoms with Gasteiger partial charge in [0, 0.05) is 50.6 Å². The number of nitrogens with one attached hydrogen (secondary N) is 3. The zero-order valence-electron chi connectivity index (χ0n) is 33.6. The number of amides is 5. The van der Waals surface area contributed by atoms with E-state index in [0.717, 1.165) is 24.0 Å². The molecule has 4 aliphatic rings. The summed E-state index contributed by atoms with van der Waals surface area (Å²) in [4.78, 5) is 75.0. The average molecular weight is 854 g/mol. The molecule has 2 aromatic carbocycles. The minimum atomic E-state index is -0.947. The Morgan fingerprint density at radius 1 is 0.864 bits per heavy atom. The summed E-state index contributed by atoms with van der Waals surface area (Å²) in [5.74, 6) is -1.60. The topological polar surface area (TPSA) is 213 Å². The van der Waals surface area contributed by atoms with Gasteiger partial charge in [0.2, 0.25) is 29.5 Å². The molecule has 5 amide bonds. The van der Waals surface area contributed by atoms with E-state index in [4.69, 9.17) is 34.7 Å². The zero-order valence-corrected chi connectivity index (χ0v) is 35.1. The molecule has 320 valence electrons. The fourth-order valence-corrected chi connectivity index (χ4v) is 9.26. The number of rotatable bonds is 18. The van der Waals surface area contributed by atoms with Crippen molar-refractivity contribution in [1.29, 1.82) is 0 Å². The van der Waals surface area contributed by atoms with E-state index in [2.05, 4.69) is 20.9 Å². The molecule has 2 saturated carbocycles. The van der Waals surface area contributed by atoms with Crippen LogP contribution in [0, 0.1) is 17.8 Å². The maximum absolute atomic E-state index is 14.2. The van der Waals surface area contributed by atoms with Crippen molar-refractivity contribution >= 4 is 64.4 Å². The van der Waals surface area contributed by atoms with Gasteiger partial charge in [-0.1, -0.05) is 60.7 Å². The van der Waals surface area contributed by atoms with Crippen molar-refractivity contribution in [1.82, 2.24) is 20.4 Å². The molecule has 2 aliphatic carbocycles. The molecule has 0 radical (unpaired) electrons. The van der Waals surface area contributed by atoms with Crippen molar-refractivity contribution in [2.24, 2.45) is 34.2 Å². The highest BCUT2D eigenvalue weighted by atomic mass is 35.5. The van der Waals surface area contributed by atoms with Crippen molar-refractivity contribution in [3.05, 3.63) is 52.5 Å². The van der Waals surface area contributed by atoms with Crippen LogP contribution in [0.2, 0.25) is 10.0 Å². The lowest BCUT2D eigenvalue weighted by atomic mass is 9.85. The predicted molar refractivity (Wildman–Crippen MR) is 228 cm³/mol. The number of likely N-dealkylation sites (tertiary alicyclic amines) is 2. The van der Waals surface area contributed by atoms with Gasteiger partial charge in [0.25, 0.3) is 0 Å². The van der Waals surface area contributed by atoms with E-state index in [0.29, 0.717) is 99.2 Å². The van der Waals surface area contributed by atoms with Crippen LogP contribution < -0.4 is 27.4 Å². The van der Waals surface area contributed by atoms with E-state index in [9.17, 15) is 29.1 Å². The van der Waals surface area contributed by atoms with Crippen LogP contribution in [0.25, 0.3) is 11.1 Å². The normalized spacial score (nSPS) is 22.4. The van der Waals surface area contributed by atoms with E-state index in [1.807, 2.05) is 24.3 Å². The summed E-state index contributed by atoms with van der Waals surface area (Å²) >= 11 is 12.3. The van der Waals surface area contributed by atoms with Gasteiger partial charge in [0.15, 0.2) is 5.96 Å². The van der Waals surface area contributed by atoms with Crippen molar-refractivity contribution in [2.75, 3.05) is 31.5 Å². The number of aliphatic imine (C=N–C) groups is 1. The number of aliphatic hydroxyl groups is 1. The number of nitrogens with two attached hydrogens (primary N) is 2. The molecule has 16 heteroatoms. The van der Waals surface area contributed by atoms with Gasteiger partial charge in [-0.2, -0.15) is 0 Å². The predicted octanol–water partition coefficient (Wildman–Crippen LogP) is 4.59. The largest absolute Gasteiger partial charge is 0.391 e. The minimum Gasteiger partial charge on any atom is -0.391 e. The molecule has 4 fully saturated rings. The molecule has 14 nitrogen and oxygen atoms in total. The van der Waals surface area contributed by atoms with E-state index < -0.39 is 36.1 Å². The highest BCUT2D eigenvalue weighted by Gasteiger charge is 2.47. The van der Waals surface area contributed by atoms with Crippen LogP contribution >= 0.6 is 23.2 Å². The molecular formula is C43H58Cl2N8O6. The van der Waals surface area contributed by atoms with Crippen LogP contribution in [0.5, 0.6) is 0 Å². The fourth-order valence-electron chi connectivity index (χ4n) is 8.96. The SMILES string of the molecule is NC(N)=NCCC[C@H](NC(=O)[C@@H]1CCC[C@H]1[C@@H](O)[C@@H]1CCCN1C(=O)[C@@H]1CCCN1C(=O)CCC(=O)Nc1cccc(-c2ccc(Cl)c(Cl)c2)c1)C(=O)NCCC1CC1. The molecular weight excluding hydrogens is 795 g/mol. The molecule has 8 N–H and O–H groups in total. The summed E-state index contributed by atoms with van der Waals surface area (Å²) in [6.45, 7) is 1.75. The zero-order chi connectivity index (χ0) is 42.1. The van der Waals surface area contributed by atoms with E-state index in [-0.39, 0.29) is 48.3 Å². The van der Waals surface area contributed by atoms with Crippen molar-refractivity contribution < 1.29 is 29.1 Å². The molecule has 0 spiro atoms. The maximum atomic E-state index is 14.2. The Labute approximate surface area is 356 Å². The van der Waals surface area contributed by atoms with Crippen molar-refractivity contribution in [2.45, 2.75) is 114 Å². The van der Waals surface area contributed by atoms with Gasteiger partial charge >= 0.3 is 0 Å². The number of halogens is 2. The third-order valence-electron chi connectivity index (χ3n) is 12.3. The monoisotopic (exact) mass is 852 g/mol. The molecule has 59 heavy (non-hydrogen) atoms. The van der Waals surface area contributed by atoms with Gasteiger partial charge in [0.1, 0.15) is 12.1 Å². The number of benzene rings is 2. The number of carbonyl (C=O) groups is 5. The Hall–Kier alpha value is -4.40. The highest BCUT2D eigenvalue weighted by Crippen LogP contribution is 2.39. The lowest BCUT2D eigenvalue weighted by molar-refractivity contribution is -0.147. The Morgan fingerprint density at radius 2 is 1.63 bits per heavy atom. The number of hydrogen-bond acceptors (Lipinski definition) is 7. The number of nitrogens with zero attached hydrogens (tertiary/aromatic N) is 3. The second kappa shape index (κ2) is 20.7. The third-order valence-corrected chi connectivity index (χ3v) is 13.0. The van der Waals surface area contributed by atoms with Crippen molar-refractivity contribution in [3.63, 3.8) is 0 Å². The van der Waals surface area contributed by atoms with Crippen LogP contribution in [0.3, 0.4) is 0 Å². The standard InChI is InChI=1S/C43H58Cl2N8O6/c44-32-16-15-28(25-33(32)45)27-6-1-7-29(24-27)50-37(54)17-18-38(55)52-22-5-12-36(52)42(59)53-23-4-11-35(53)39(56)30-8-2-9-31(30)40(57)51-34(10-3-20-49-43(46)47)41(58)48-21-19-26-13-14-26/h1,6-7,15-16,24-26,30-31,34-36,39,56H,2-5,8-14,17-23H2,(H,48,58)(H,50,54)(H,51,57)(H4,46,47,49)/t30-,31-,34+,35+,36+,39-/m1/s1. The number of hydrogen-bond donors (Lipinski definition) is 6. The smallest absolute Gasteiger partial charge is 0.245 e. The molecule has 2 aliphatic heterocycles. The molecule has 0 unspecified atom stereocenters. The van der Waals surface area contributed by atoms with Gasteiger partial charge in [-0.25, -0.2) is 0 Å². The Kier molecular flexibility index (Phi) is 15.5. The summed E-state index contributed by atoms with van der Waals surface area (Å²) in [6.07, 6.45) is 7.45. The average Bonchev–Trinajstić information content (AvgIpc) is 3.58. The Balaban J connectivity index is 1.02. The molecule has 6 atom stereocenters. The molecule has 6 rings (SSSR count). The summed E-state index contributed by atoms with van der Waals surface area (Å²) < 4.78 is 0. The summed E-state index contributed by atoms with van der Waals surface area (Å²) in [5, 5.41) is 21.6. The van der Waals surface area contributed by atoms with Crippen LogP contribution in [-0.4, -0.2) is 101 Å². The molecule has 0 aromatic heterocycles. The quantitative estimate of drug-likeness (QED) is 0.0708. The minimum absolute atomic E-state index is 0.0323. The van der Waals surface area contributed by atoms with E-state index >= 15 is 0 Å². The third kappa shape index (κ3) is 11.9. The summed E-state index contributed by atoms with van der Waals surface area (Å²) in [7, 11) is 0. The van der Waals surface area contributed by atoms with Gasteiger partial charge in [0.05, 0.1) is 22.2 Å². The molecule has 2 aromatic rings. The van der Waals surface area contributed by atoms with E-state index in [1.165, 1.54) is 12.8 Å². The van der Waals surface area contributed by atoms with Crippen LogP contribution in [0.1, 0.15) is 89.9 Å². The first-order valence-corrected chi connectivity index (χ1v) is 21.9. The number of aliphatic hydroxyl groups excluding tert-OH is 1. The number of anilines is 1. The highest BCUT2D eigenvalue weighted by molar-refractivity contribution is 6.42. The Bertz CT molecular complexity index is 1870. The Morgan fingerprint density at radius 3 is 2.39 bits per heavy atom. The number of carbonyl (C=O) groups excluding carboxylic acids is 5. The fraction of sp³-hybridized carbons (Fsp3) is 0.581. The lowest BCUT2D eigenvalue weighted by Crippen LogP contribution is -2.54. The lowest BCUT2D eigenvalue weighted by Gasteiger charge is -2.36. The van der Waals surface area contributed by atoms with Crippen LogP contribution in [0.4, 0.5) is 5.69 Å². The van der Waals surface area contributed by atoms with Gasteiger partial charge in [-0.3, -0.25) is 29.0 Å². The van der Waals surface area contributed by atoms with Crippen LogP contribution in [0.15, 0.2) is 47.5 Å².